The predicted molar refractivity (Wildman–Crippen MR) is 105 cm³/mol. The van der Waals surface area contributed by atoms with Gasteiger partial charge in [0, 0.05) is 31.0 Å². The van der Waals surface area contributed by atoms with E-state index in [2.05, 4.69) is 9.97 Å². The van der Waals surface area contributed by atoms with E-state index in [1.807, 2.05) is 52.0 Å². The van der Waals surface area contributed by atoms with Gasteiger partial charge in [0.15, 0.2) is 0 Å². The van der Waals surface area contributed by atoms with Crippen LogP contribution in [0.4, 0.5) is 0 Å². The summed E-state index contributed by atoms with van der Waals surface area (Å²) in [5, 5.41) is 0. The second kappa shape index (κ2) is 7.64. The molecule has 0 radical (unpaired) electrons. The highest BCUT2D eigenvalue weighted by molar-refractivity contribution is 5.94. The van der Waals surface area contributed by atoms with Gasteiger partial charge in [-0.2, -0.15) is 0 Å². The summed E-state index contributed by atoms with van der Waals surface area (Å²) >= 11 is 0. The summed E-state index contributed by atoms with van der Waals surface area (Å²) in [6.45, 7) is 9.15. The molecule has 1 N–H and O–H groups in total. The molecule has 1 aromatic heterocycles. The van der Waals surface area contributed by atoms with Gasteiger partial charge in [0.1, 0.15) is 11.4 Å². The molecule has 27 heavy (non-hydrogen) atoms. The van der Waals surface area contributed by atoms with Crippen molar-refractivity contribution < 1.29 is 9.53 Å². The summed E-state index contributed by atoms with van der Waals surface area (Å²) in [5.41, 5.74) is 1.35. The molecule has 0 saturated carbocycles. The predicted octanol–water partition coefficient (Wildman–Crippen LogP) is 3.17. The Morgan fingerprint density at radius 1 is 1.33 bits per heavy atom. The van der Waals surface area contributed by atoms with Crippen molar-refractivity contribution in [3.8, 4) is 11.4 Å². The van der Waals surface area contributed by atoms with Crippen LogP contribution in [0.1, 0.15) is 49.5 Å². The molecule has 6 nitrogen and oxygen atoms in total. The Kier molecular flexibility index (Phi) is 5.46. The van der Waals surface area contributed by atoms with Crippen LogP contribution < -0.4 is 5.56 Å². The molecular weight excluding hydrogens is 342 g/mol. The van der Waals surface area contributed by atoms with Crippen LogP contribution in [0.25, 0.3) is 11.4 Å². The van der Waals surface area contributed by atoms with Gasteiger partial charge in [-0.3, -0.25) is 9.59 Å². The molecule has 1 amide bonds. The van der Waals surface area contributed by atoms with Crippen molar-refractivity contribution in [2.45, 2.75) is 52.2 Å². The van der Waals surface area contributed by atoms with Crippen molar-refractivity contribution in [2.75, 3.05) is 13.2 Å². The summed E-state index contributed by atoms with van der Waals surface area (Å²) in [6, 6.07) is 7.78. The summed E-state index contributed by atoms with van der Waals surface area (Å²) in [5.74, 6) is 0.191. The maximum atomic E-state index is 13.0. The normalized spacial score (nSPS) is 18.9. The average Bonchev–Trinajstić information content (AvgIpc) is 2.62. The summed E-state index contributed by atoms with van der Waals surface area (Å²) < 4.78 is 5.75. The van der Waals surface area contributed by atoms with Crippen molar-refractivity contribution in [1.29, 1.82) is 0 Å². The van der Waals surface area contributed by atoms with Gasteiger partial charge >= 0.3 is 0 Å². The number of carbonyl (C=O) groups excluding carboxylic acids is 1. The lowest BCUT2D eigenvalue weighted by Crippen LogP contribution is -2.49. The second-order valence-electron chi connectivity index (χ2n) is 7.69. The third-order valence-electron chi connectivity index (χ3n) is 5.07. The number of nitrogens with zero attached hydrogens (tertiary/aromatic N) is 2. The number of amides is 1. The van der Waals surface area contributed by atoms with E-state index in [4.69, 9.17) is 4.74 Å². The number of aromatic amines is 1. The Hall–Kier alpha value is -2.47. The highest BCUT2D eigenvalue weighted by atomic mass is 16.5. The van der Waals surface area contributed by atoms with E-state index < -0.39 is 5.56 Å². The van der Waals surface area contributed by atoms with E-state index in [0.29, 0.717) is 19.0 Å². The minimum Gasteiger partial charge on any atom is -0.375 e. The van der Waals surface area contributed by atoms with E-state index in [1.165, 1.54) is 6.20 Å². The Balaban J connectivity index is 1.85. The van der Waals surface area contributed by atoms with Crippen molar-refractivity contribution in [3.05, 3.63) is 51.9 Å². The third kappa shape index (κ3) is 4.27. The van der Waals surface area contributed by atoms with Gasteiger partial charge in [-0.25, -0.2) is 4.98 Å². The van der Waals surface area contributed by atoms with Crippen LogP contribution in [0.5, 0.6) is 0 Å². The van der Waals surface area contributed by atoms with Crippen LogP contribution in [0.15, 0.2) is 35.3 Å². The first kappa shape index (κ1) is 19.3. The lowest BCUT2D eigenvalue weighted by molar-refractivity contribution is -0.0777. The van der Waals surface area contributed by atoms with E-state index in [1.54, 1.807) is 4.90 Å². The third-order valence-corrected chi connectivity index (χ3v) is 5.07. The molecule has 1 fully saturated rings. The quantitative estimate of drug-likeness (QED) is 0.898. The average molecular weight is 369 g/mol. The molecule has 6 heteroatoms. The molecule has 2 heterocycles. The highest BCUT2D eigenvalue weighted by Gasteiger charge is 2.34. The first-order chi connectivity index (χ1) is 12.8. The van der Waals surface area contributed by atoms with Gasteiger partial charge in [-0.15, -0.1) is 0 Å². The Morgan fingerprint density at radius 3 is 2.63 bits per heavy atom. The summed E-state index contributed by atoms with van der Waals surface area (Å²) in [4.78, 5) is 34.5. The molecule has 1 aromatic carbocycles. The lowest BCUT2D eigenvalue weighted by atomic mass is 9.92. The SMILES string of the molecule is CCN(C(=O)c1cnc(-c2ccc(C)cc2)[nH]c1=O)[C@H]1CCOC(C)(C)C1. The molecule has 2 aromatic rings. The maximum Gasteiger partial charge on any atom is 0.264 e. The molecule has 1 aliphatic rings. The van der Waals surface area contributed by atoms with Crippen LogP contribution in [-0.4, -0.2) is 45.6 Å². The van der Waals surface area contributed by atoms with E-state index in [9.17, 15) is 9.59 Å². The van der Waals surface area contributed by atoms with Crippen molar-refractivity contribution >= 4 is 5.91 Å². The number of ether oxygens (including phenoxy) is 1. The van der Waals surface area contributed by atoms with Crippen molar-refractivity contribution in [3.63, 3.8) is 0 Å². The van der Waals surface area contributed by atoms with E-state index in [0.717, 1.165) is 24.0 Å². The smallest absolute Gasteiger partial charge is 0.264 e. The van der Waals surface area contributed by atoms with Crippen LogP contribution in [0.2, 0.25) is 0 Å². The highest BCUT2D eigenvalue weighted by Crippen LogP contribution is 2.28. The number of rotatable bonds is 4. The number of nitrogens with one attached hydrogen (secondary N) is 1. The van der Waals surface area contributed by atoms with Crippen molar-refractivity contribution in [1.82, 2.24) is 14.9 Å². The fraction of sp³-hybridized carbons (Fsp3) is 0.476. The standard InChI is InChI=1S/C21H27N3O3/c1-5-24(16-10-11-27-21(3,4)12-16)20(26)17-13-22-18(23-19(17)25)15-8-6-14(2)7-9-15/h6-9,13,16H,5,10-12H2,1-4H3,(H,22,23,25)/t16-/m0/s1. The maximum absolute atomic E-state index is 13.0. The van der Waals surface area contributed by atoms with Gasteiger partial charge in [0.25, 0.3) is 11.5 Å². The first-order valence-corrected chi connectivity index (χ1v) is 9.42. The monoisotopic (exact) mass is 369 g/mol. The summed E-state index contributed by atoms with van der Waals surface area (Å²) in [6.07, 6.45) is 2.92. The molecule has 1 saturated heterocycles. The molecule has 0 aliphatic carbocycles. The van der Waals surface area contributed by atoms with Gasteiger partial charge in [-0.05, 0) is 40.5 Å². The first-order valence-electron chi connectivity index (χ1n) is 9.42. The molecular formula is C21H27N3O3. The lowest BCUT2D eigenvalue weighted by Gasteiger charge is -2.40. The van der Waals surface area contributed by atoms with E-state index >= 15 is 0 Å². The Morgan fingerprint density at radius 2 is 2.04 bits per heavy atom. The van der Waals surface area contributed by atoms with Crippen LogP contribution >= 0.6 is 0 Å². The second-order valence-corrected chi connectivity index (χ2v) is 7.69. The topological polar surface area (TPSA) is 75.3 Å². The Labute approximate surface area is 159 Å². The molecule has 0 unspecified atom stereocenters. The fourth-order valence-electron chi connectivity index (χ4n) is 3.59. The van der Waals surface area contributed by atoms with Crippen LogP contribution in [-0.2, 0) is 4.74 Å². The van der Waals surface area contributed by atoms with Gasteiger partial charge in [0.05, 0.1) is 5.60 Å². The number of carbonyl (C=O) groups is 1. The van der Waals surface area contributed by atoms with Crippen LogP contribution in [0.3, 0.4) is 0 Å². The molecule has 1 atom stereocenters. The number of hydrogen-bond acceptors (Lipinski definition) is 4. The number of aromatic nitrogens is 2. The van der Waals surface area contributed by atoms with Crippen molar-refractivity contribution in [2.24, 2.45) is 0 Å². The zero-order valence-electron chi connectivity index (χ0n) is 16.4. The van der Waals surface area contributed by atoms with Gasteiger partial charge < -0.3 is 14.6 Å². The molecule has 144 valence electrons. The number of hydrogen-bond donors (Lipinski definition) is 1. The Bertz CT molecular complexity index is 871. The zero-order chi connectivity index (χ0) is 19.6. The molecule has 1 aliphatic heterocycles. The van der Waals surface area contributed by atoms with Gasteiger partial charge in [0.2, 0.25) is 0 Å². The molecule has 0 bridgehead atoms. The van der Waals surface area contributed by atoms with E-state index in [-0.39, 0.29) is 23.1 Å². The molecule has 3 rings (SSSR count). The van der Waals surface area contributed by atoms with Crippen LogP contribution in [0, 0.1) is 6.92 Å². The zero-order valence-corrected chi connectivity index (χ0v) is 16.4. The number of H-pyrrole nitrogens is 1. The van der Waals surface area contributed by atoms with Gasteiger partial charge in [-0.1, -0.05) is 29.8 Å². The molecule has 0 spiro atoms. The minimum absolute atomic E-state index is 0.0578. The largest absolute Gasteiger partial charge is 0.375 e. The fourth-order valence-corrected chi connectivity index (χ4v) is 3.59. The number of benzene rings is 1. The minimum atomic E-state index is -0.407. The summed E-state index contributed by atoms with van der Waals surface area (Å²) in [7, 11) is 0. The number of aryl methyl sites for hydroxylation is 1.